The molecule has 0 aliphatic carbocycles. The molecule has 5 heteroatoms. The van der Waals surface area contributed by atoms with E-state index >= 15 is 0 Å². The Morgan fingerprint density at radius 2 is 1.77 bits per heavy atom. The molecular weight excluding hydrogens is 322 g/mol. The fourth-order valence-electron chi connectivity index (χ4n) is 3.34. The van der Waals surface area contributed by atoms with Crippen LogP contribution < -0.4 is 5.49 Å². The maximum Gasteiger partial charge on any atom is 0.151 e. The Bertz CT molecular complexity index is 1150. The van der Waals surface area contributed by atoms with Crippen molar-refractivity contribution in [1.29, 1.82) is 5.41 Å². The van der Waals surface area contributed by atoms with Gasteiger partial charge in [-0.15, -0.1) is 0 Å². The molecule has 1 aromatic carbocycles. The zero-order valence-corrected chi connectivity index (χ0v) is 15.2. The summed E-state index contributed by atoms with van der Waals surface area (Å²) in [6, 6.07) is 14.2. The average molecular weight is 343 g/mol. The van der Waals surface area contributed by atoms with E-state index < -0.39 is 0 Å². The van der Waals surface area contributed by atoms with Crippen LogP contribution in [0.4, 0.5) is 0 Å². The van der Waals surface area contributed by atoms with Crippen LogP contribution in [0.5, 0.6) is 0 Å². The van der Waals surface area contributed by atoms with Crippen molar-refractivity contribution in [2.24, 2.45) is 0 Å². The van der Waals surface area contributed by atoms with E-state index in [1.165, 1.54) is 0 Å². The first kappa shape index (κ1) is 16.3. The lowest BCUT2D eigenvalue weighted by Crippen LogP contribution is -2.21. The first-order chi connectivity index (χ1) is 12.6. The summed E-state index contributed by atoms with van der Waals surface area (Å²) < 4.78 is 3.93. The van der Waals surface area contributed by atoms with Gasteiger partial charge in [-0.25, -0.2) is 9.97 Å². The van der Waals surface area contributed by atoms with E-state index in [1.807, 2.05) is 45.7 Å². The standard InChI is InChI=1S/C21H21N5/c1-14-9-10-23-18(11-14)26-16(3)15(2)19-20(22)25(13-24-21(19)26)12-17-7-5-4-6-8-17/h4-11,13,22H,12H2,1-3H3. The molecule has 4 aromatic rings. The van der Waals surface area contributed by atoms with Crippen molar-refractivity contribution in [3.8, 4) is 5.82 Å². The van der Waals surface area contributed by atoms with Crippen molar-refractivity contribution in [3.63, 3.8) is 0 Å². The van der Waals surface area contributed by atoms with Crippen LogP contribution in [0.2, 0.25) is 0 Å². The first-order valence-electron chi connectivity index (χ1n) is 8.65. The molecule has 130 valence electrons. The minimum atomic E-state index is 0.478. The van der Waals surface area contributed by atoms with Gasteiger partial charge in [0.25, 0.3) is 0 Å². The second kappa shape index (κ2) is 6.26. The summed E-state index contributed by atoms with van der Waals surface area (Å²) in [5.41, 5.74) is 5.70. The second-order valence-corrected chi connectivity index (χ2v) is 6.64. The molecule has 0 fully saturated rings. The Morgan fingerprint density at radius 3 is 2.50 bits per heavy atom. The fourth-order valence-corrected chi connectivity index (χ4v) is 3.34. The predicted molar refractivity (Wildman–Crippen MR) is 102 cm³/mol. The first-order valence-corrected chi connectivity index (χ1v) is 8.65. The van der Waals surface area contributed by atoms with Crippen LogP contribution in [0.15, 0.2) is 55.0 Å². The molecule has 0 bridgehead atoms. The zero-order valence-electron chi connectivity index (χ0n) is 15.2. The van der Waals surface area contributed by atoms with Crippen LogP contribution in [-0.4, -0.2) is 19.1 Å². The van der Waals surface area contributed by atoms with Gasteiger partial charge < -0.3 is 4.57 Å². The Morgan fingerprint density at radius 1 is 1.00 bits per heavy atom. The molecule has 0 aliphatic heterocycles. The highest BCUT2D eigenvalue weighted by atomic mass is 15.1. The minimum absolute atomic E-state index is 0.478. The van der Waals surface area contributed by atoms with Gasteiger partial charge in [0.05, 0.1) is 18.3 Å². The molecule has 3 heterocycles. The Labute approximate surface area is 152 Å². The molecule has 3 aromatic heterocycles. The number of hydrogen-bond acceptors (Lipinski definition) is 3. The number of aryl methyl sites for hydroxylation is 2. The Balaban J connectivity index is 1.91. The lowest BCUT2D eigenvalue weighted by Gasteiger charge is -2.09. The van der Waals surface area contributed by atoms with Gasteiger partial charge in [0.2, 0.25) is 0 Å². The third-order valence-corrected chi connectivity index (χ3v) is 4.86. The smallest absolute Gasteiger partial charge is 0.151 e. The number of pyridine rings is 1. The van der Waals surface area contributed by atoms with Gasteiger partial charge >= 0.3 is 0 Å². The molecule has 1 N–H and O–H groups in total. The van der Waals surface area contributed by atoms with Gasteiger partial charge in [0.15, 0.2) is 5.65 Å². The van der Waals surface area contributed by atoms with Crippen molar-refractivity contribution < 1.29 is 0 Å². The predicted octanol–water partition coefficient (Wildman–Crippen LogP) is 3.68. The van der Waals surface area contributed by atoms with Gasteiger partial charge in [-0.3, -0.25) is 9.98 Å². The lowest BCUT2D eigenvalue weighted by molar-refractivity contribution is 0.721. The molecule has 0 spiro atoms. The number of fused-ring (bicyclic) bond motifs is 1. The van der Waals surface area contributed by atoms with E-state index in [2.05, 4.69) is 37.9 Å². The van der Waals surface area contributed by atoms with Gasteiger partial charge in [-0.1, -0.05) is 30.3 Å². The highest BCUT2D eigenvalue weighted by Crippen LogP contribution is 2.24. The monoisotopic (exact) mass is 343 g/mol. The number of hydrogen-bond donors (Lipinski definition) is 1. The van der Waals surface area contributed by atoms with E-state index in [1.54, 1.807) is 6.33 Å². The molecular formula is C21H21N5. The van der Waals surface area contributed by atoms with E-state index in [0.29, 0.717) is 12.0 Å². The molecule has 0 radical (unpaired) electrons. The molecule has 0 aliphatic rings. The summed E-state index contributed by atoms with van der Waals surface area (Å²) >= 11 is 0. The van der Waals surface area contributed by atoms with Crippen LogP contribution in [0, 0.1) is 26.2 Å². The normalized spacial score (nSPS) is 11.2. The molecule has 0 unspecified atom stereocenters. The summed E-state index contributed by atoms with van der Waals surface area (Å²) in [6.07, 6.45) is 3.56. The number of aromatic nitrogens is 4. The van der Waals surface area contributed by atoms with Gasteiger partial charge in [-0.2, -0.15) is 0 Å². The fraction of sp³-hybridized carbons (Fsp3) is 0.190. The summed E-state index contributed by atoms with van der Waals surface area (Å²) in [6.45, 7) is 6.80. The van der Waals surface area contributed by atoms with E-state index in [-0.39, 0.29) is 0 Å². The van der Waals surface area contributed by atoms with Gasteiger partial charge in [0.1, 0.15) is 11.3 Å². The minimum Gasteiger partial charge on any atom is -0.312 e. The number of benzene rings is 1. The number of nitrogens with one attached hydrogen (secondary N) is 1. The van der Waals surface area contributed by atoms with E-state index in [4.69, 9.17) is 10.4 Å². The molecule has 5 nitrogen and oxygen atoms in total. The third-order valence-electron chi connectivity index (χ3n) is 4.86. The average Bonchev–Trinajstić information content (AvgIpc) is 2.90. The van der Waals surface area contributed by atoms with Crippen LogP contribution in [0.3, 0.4) is 0 Å². The van der Waals surface area contributed by atoms with E-state index in [0.717, 1.165) is 39.2 Å². The highest BCUT2D eigenvalue weighted by Gasteiger charge is 2.17. The molecule has 0 amide bonds. The van der Waals surface area contributed by atoms with Crippen molar-refractivity contribution >= 4 is 11.0 Å². The summed E-state index contributed by atoms with van der Waals surface area (Å²) in [7, 11) is 0. The quantitative estimate of drug-likeness (QED) is 0.617. The third kappa shape index (κ3) is 2.62. The molecule has 26 heavy (non-hydrogen) atoms. The summed E-state index contributed by atoms with van der Waals surface area (Å²) in [5.74, 6) is 0.841. The molecule has 4 rings (SSSR count). The molecule has 0 saturated heterocycles. The van der Waals surface area contributed by atoms with E-state index in [9.17, 15) is 0 Å². The largest absolute Gasteiger partial charge is 0.312 e. The topological polar surface area (TPSA) is 59.5 Å². The Kier molecular flexibility index (Phi) is 3.92. The summed E-state index contributed by atoms with van der Waals surface area (Å²) in [4.78, 5) is 9.20. The zero-order chi connectivity index (χ0) is 18.3. The van der Waals surface area contributed by atoms with Crippen molar-refractivity contribution in [1.82, 2.24) is 19.1 Å². The van der Waals surface area contributed by atoms with Crippen LogP contribution in [-0.2, 0) is 6.54 Å². The maximum atomic E-state index is 8.73. The SMILES string of the molecule is Cc1ccnc(-n2c(C)c(C)c3c(=N)n(Cc4ccccc4)cnc32)c1. The Hall–Kier alpha value is -3.21. The second-order valence-electron chi connectivity index (χ2n) is 6.64. The van der Waals surface area contributed by atoms with Crippen molar-refractivity contribution in [3.05, 3.63) is 82.9 Å². The van der Waals surface area contributed by atoms with Crippen LogP contribution in [0.25, 0.3) is 16.9 Å². The van der Waals surface area contributed by atoms with Crippen LogP contribution in [0.1, 0.15) is 22.4 Å². The molecule has 0 saturated carbocycles. The van der Waals surface area contributed by atoms with Gasteiger partial charge in [0, 0.05) is 11.9 Å². The summed E-state index contributed by atoms with van der Waals surface area (Å²) in [5, 5.41) is 9.61. The van der Waals surface area contributed by atoms with Crippen molar-refractivity contribution in [2.45, 2.75) is 27.3 Å². The molecule has 0 atom stereocenters. The number of rotatable bonds is 3. The van der Waals surface area contributed by atoms with Crippen LogP contribution >= 0.6 is 0 Å². The lowest BCUT2D eigenvalue weighted by atomic mass is 10.2. The van der Waals surface area contributed by atoms with Crippen molar-refractivity contribution in [2.75, 3.05) is 0 Å². The van der Waals surface area contributed by atoms with Gasteiger partial charge in [-0.05, 0) is 49.6 Å². The maximum absolute atomic E-state index is 8.73. The number of nitrogens with zero attached hydrogens (tertiary/aromatic N) is 4. The highest BCUT2D eigenvalue weighted by molar-refractivity contribution is 5.82.